The molecule has 1 amide bonds. The summed E-state index contributed by atoms with van der Waals surface area (Å²) >= 11 is 5.88. The van der Waals surface area contributed by atoms with Gasteiger partial charge in [0.05, 0.1) is 12.2 Å². The average Bonchev–Trinajstić information content (AvgIpc) is 2.54. The third kappa shape index (κ3) is 4.75. The van der Waals surface area contributed by atoms with Gasteiger partial charge in [-0.15, -0.1) is 0 Å². The molecule has 0 aliphatic carbocycles. The van der Waals surface area contributed by atoms with Crippen LogP contribution in [0.25, 0.3) is 0 Å². The molecule has 0 spiro atoms. The summed E-state index contributed by atoms with van der Waals surface area (Å²) in [5.74, 6) is 0.0719. The molecule has 120 valence electrons. The molecule has 1 aromatic heterocycles. The summed E-state index contributed by atoms with van der Waals surface area (Å²) in [5.41, 5.74) is 1.01. The van der Waals surface area contributed by atoms with Crippen LogP contribution in [0.15, 0.2) is 36.7 Å². The molecule has 1 unspecified atom stereocenters. The van der Waals surface area contributed by atoms with Crippen LogP contribution in [0.4, 0.5) is 0 Å². The Morgan fingerprint density at radius 2 is 2.04 bits per heavy atom. The minimum atomic E-state index is -0.729. The van der Waals surface area contributed by atoms with Gasteiger partial charge in [0, 0.05) is 18.0 Å². The number of nitrogens with one attached hydrogen (secondary N) is 1. The number of aromatic nitrogens is 2. The zero-order valence-electron chi connectivity index (χ0n) is 12.7. The molecule has 0 aliphatic heterocycles. The number of hydrogen-bond donors (Lipinski definition) is 1. The van der Waals surface area contributed by atoms with Gasteiger partial charge in [0.15, 0.2) is 17.0 Å². The van der Waals surface area contributed by atoms with Crippen molar-refractivity contribution in [2.45, 2.75) is 26.5 Å². The van der Waals surface area contributed by atoms with Crippen LogP contribution in [0, 0.1) is 0 Å². The van der Waals surface area contributed by atoms with Gasteiger partial charge in [0.2, 0.25) is 0 Å². The molecule has 1 atom stereocenters. The Morgan fingerprint density at radius 3 is 2.74 bits per heavy atom. The first-order valence-corrected chi connectivity index (χ1v) is 7.36. The molecule has 0 saturated carbocycles. The Balaban J connectivity index is 1.94. The summed E-state index contributed by atoms with van der Waals surface area (Å²) in [6.07, 6.45) is 2.25. The minimum Gasteiger partial charge on any atom is -0.481 e. The fourth-order valence-electron chi connectivity index (χ4n) is 1.83. The van der Waals surface area contributed by atoms with Crippen LogP contribution >= 0.6 is 11.6 Å². The Morgan fingerprint density at radius 1 is 1.30 bits per heavy atom. The van der Waals surface area contributed by atoms with Crippen molar-refractivity contribution in [1.29, 1.82) is 0 Å². The highest BCUT2D eigenvalue weighted by Gasteiger charge is 2.15. The molecule has 1 N–H and O–H groups in total. The highest BCUT2D eigenvalue weighted by atomic mass is 35.5. The Labute approximate surface area is 138 Å². The number of amides is 1. The van der Waals surface area contributed by atoms with E-state index in [1.807, 2.05) is 0 Å². The smallest absolute Gasteiger partial charge is 0.261 e. The molecule has 1 aromatic carbocycles. The molecular weight excluding hydrogens is 318 g/mol. The molecular formula is C16H16ClN3O3. The molecule has 6 nitrogen and oxygen atoms in total. The van der Waals surface area contributed by atoms with Crippen molar-refractivity contribution in [3.63, 3.8) is 0 Å². The van der Waals surface area contributed by atoms with E-state index in [4.69, 9.17) is 16.3 Å². The number of ether oxygens (including phenoxy) is 1. The topological polar surface area (TPSA) is 81.2 Å². The van der Waals surface area contributed by atoms with Crippen molar-refractivity contribution < 1.29 is 14.3 Å². The van der Waals surface area contributed by atoms with Crippen LogP contribution in [-0.2, 0) is 11.3 Å². The van der Waals surface area contributed by atoms with Gasteiger partial charge >= 0.3 is 0 Å². The lowest BCUT2D eigenvalue weighted by molar-refractivity contribution is -0.127. The van der Waals surface area contributed by atoms with Crippen LogP contribution in [0.1, 0.15) is 29.9 Å². The lowest BCUT2D eigenvalue weighted by Gasteiger charge is -2.15. The molecule has 2 rings (SSSR count). The van der Waals surface area contributed by atoms with Crippen molar-refractivity contribution in [3.05, 3.63) is 53.1 Å². The highest BCUT2D eigenvalue weighted by Crippen LogP contribution is 2.15. The molecule has 0 bridgehead atoms. The quantitative estimate of drug-likeness (QED) is 0.821. The first-order valence-electron chi connectivity index (χ1n) is 6.98. The van der Waals surface area contributed by atoms with Gasteiger partial charge in [-0.25, -0.2) is 4.98 Å². The van der Waals surface area contributed by atoms with Crippen LogP contribution in [0.2, 0.25) is 5.15 Å². The monoisotopic (exact) mass is 333 g/mol. The number of Topliss-reactive ketones (excluding diaryl/α,β-unsaturated/α-hetero) is 1. The Hall–Kier alpha value is -2.47. The van der Waals surface area contributed by atoms with E-state index in [2.05, 4.69) is 15.3 Å². The SMILES string of the molecule is CC(=O)c1cccc(OC(C)C(=O)NCc2nccnc2Cl)c1. The zero-order valence-corrected chi connectivity index (χ0v) is 13.5. The molecule has 23 heavy (non-hydrogen) atoms. The molecule has 0 saturated heterocycles. The van der Waals surface area contributed by atoms with E-state index in [0.29, 0.717) is 17.0 Å². The number of rotatable bonds is 6. The van der Waals surface area contributed by atoms with Gasteiger partial charge in [-0.05, 0) is 26.0 Å². The molecule has 0 aliphatic rings. The van der Waals surface area contributed by atoms with Crippen molar-refractivity contribution in [2.75, 3.05) is 0 Å². The highest BCUT2D eigenvalue weighted by molar-refractivity contribution is 6.29. The molecule has 0 fully saturated rings. The third-order valence-corrected chi connectivity index (χ3v) is 3.39. The number of benzene rings is 1. The van der Waals surface area contributed by atoms with Gasteiger partial charge in [-0.1, -0.05) is 23.7 Å². The number of carbonyl (C=O) groups is 2. The maximum atomic E-state index is 12.1. The fraction of sp³-hybridized carbons (Fsp3) is 0.250. The van der Waals surface area contributed by atoms with Crippen LogP contribution in [-0.4, -0.2) is 27.8 Å². The number of ketones is 1. The van der Waals surface area contributed by atoms with Crippen LogP contribution < -0.4 is 10.1 Å². The van der Waals surface area contributed by atoms with E-state index in [-0.39, 0.29) is 23.4 Å². The van der Waals surface area contributed by atoms with E-state index < -0.39 is 6.10 Å². The van der Waals surface area contributed by atoms with E-state index in [0.717, 1.165) is 0 Å². The largest absolute Gasteiger partial charge is 0.481 e. The average molecular weight is 334 g/mol. The summed E-state index contributed by atoms with van der Waals surface area (Å²) in [4.78, 5) is 31.3. The number of nitrogens with zero attached hydrogens (tertiary/aromatic N) is 2. The Bertz CT molecular complexity index is 721. The lowest BCUT2D eigenvalue weighted by Crippen LogP contribution is -2.36. The van der Waals surface area contributed by atoms with E-state index in [9.17, 15) is 9.59 Å². The van der Waals surface area contributed by atoms with Crippen molar-refractivity contribution >= 4 is 23.3 Å². The van der Waals surface area contributed by atoms with Gasteiger partial charge < -0.3 is 10.1 Å². The maximum Gasteiger partial charge on any atom is 0.261 e. The zero-order chi connectivity index (χ0) is 16.8. The first kappa shape index (κ1) is 16.9. The molecule has 0 radical (unpaired) electrons. The summed E-state index contributed by atoms with van der Waals surface area (Å²) in [6, 6.07) is 6.69. The predicted molar refractivity (Wildman–Crippen MR) is 85.4 cm³/mol. The van der Waals surface area contributed by atoms with E-state index in [1.54, 1.807) is 31.2 Å². The van der Waals surface area contributed by atoms with Crippen molar-refractivity contribution in [2.24, 2.45) is 0 Å². The Kier molecular flexibility index (Phi) is 5.65. The number of halogens is 1. The van der Waals surface area contributed by atoms with Gasteiger partial charge in [0.25, 0.3) is 5.91 Å². The number of hydrogen-bond acceptors (Lipinski definition) is 5. The summed E-state index contributed by atoms with van der Waals surface area (Å²) in [5, 5.41) is 2.93. The van der Waals surface area contributed by atoms with Crippen molar-refractivity contribution in [3.8, 4) is 5.75 Å². The van der Waals surface area contributed by atoms with Crippen LogP contribution in [0.5, 0.6) is 5.75 Å². The molecule has 7 heteroatoms. The summed E-state index contributed by atoms with van der Waals surface area (Å²) < 4.78 is 5.55. The van der Waals surface area contributed by atoms with Gasteiger partial charge in [-0.3, -0.25) is 14.6 Å². The summed E-state index contributed by atoms with van der Waals surface area (Å²) in [7, 11) is 0. The lowest BCUT2D eigenvalue weighted by atomic mass is 10.1. The second-order valence-corrected chi connectivity index (χ2v) is 5.21. The number of carbonyl (C=O) groups excluding carboxylic acids is 2. The fourth-order valence-corrected chi connectivity index (χ4v) is 2.00. The third-order valence-electron chi connectivity index (χ3n) is 3.08. The standard InChI is InChI=1S/C16H16ClN3O3/c1-10(21)12-4-3-5-13(8-12)23-11(2)16(22)20-9-14-15(17)19-7-6-18-14/h3-8,11H,9H2,1-2H3,(H,20,22). The predicted octanol–water partition coefficient (Wildman–Crippen LogP) is 2.42. The van der Waals surface area contributed by atoms with Crippen molar-refractivity contribution in [1.82, 2.24) is 15.3 Å². The molecule has 2 aromatic rings. The van der Waals surface area contributed by atoms with Gasteiger partial charge in [-0.2, -0.15) is 0 Å². The second-order valence-electron chi connectivity index (χ2n) is 4.86. The maximum absolute atomic E-state index is 12.1. The van der Waals surface area contributed by atoms with Crippen LogP contribution in [0.3, 0.4) is 0 Å². The normalized spacial score (nSPS) is 11.6. The van der Waals surface area contributed by atoms with E-state index >= 15 is 0 Å². The minimum absolute atomic E-state index is 0.0650. The summed E-state index contributed by atoms with van der Waals surface area (Å²) in [6.45, 7) is 3.25. The molecule has 1 heterocycles. The van der Waals surface area contributed by atoms with Gasteiger partial charge in [0.1, 0.15) is 5.75 Å². The second kappa shape index (κ2) is 7.69. The van der Waals surface area contributed by atoms with E-state index in [1.165, 1.54) is 19.3 Å². The first-order chi connectivity index (χ1) is 11.0.